The number of nitrogens with one attached hydrogen (secondary N) is 1. The van der Waals surface area contributed by atoms with Gasteiger partial charge in [0.05, 0.1) is 18.8 Å². The molecule has 1 aromatic carbocycles. The Hall–Kier alpha value is -3.12. The van der Waals surface area contributed by atoms with Crippen LogP contribution in [0.15, 0.2) is 60.8 Å². The van der Waals surface area contributed by atoms with Gasteiger partial charge in [0.25, 0.3) is 0 Å². The molecule has 0 unspecified atom stereocenters. The van der Waals surface area contributed by atoms with E-state index in [1.165, 1.54) is 17.7 Å². The van der Waals surface area contributed by atoms with Crippen LogP contribution in [-0.2, 0) is 17.8 Å². The first kappa shape index (κ1) is 22.1. The molecule has 0 saturated carbocycles. The smallest absolute Gasteiger partial charge is 0.234 e. The van der Waals surface area contributed by atoms with Crippen LogP contribution in [0.2, 0.25) is 0 Å². The molecule has 1 amide bonds. The topological polar surface area (TPSA) is 58.1 Å². The van der Waals surface area contributed by atoms with Crippen molar-refractivity contribution in [2.75, 3.05) is 19.6 Å². The highest BCUT2D eigenvalue weighted by molar-refractivity contribution is 5.77. The average molecular weight is 433 g/mol. The van der Waals surface area contributed by atoms with E-state index in [1.54, 1.807) is 6.20 Å². The fourth-order valence-corrected chi connectivity index (χ4v) is 4.25. The second kappa shape index (κ2) is 10.5. The number of pyridine rings is 2. The Balaban J connectivity index is 1.29. The average Bonchev–Trinajstić information content (AvgIpc) is 2.80. The lowest BCUT2D eigenvalue weighted by Crippen LogP contribution is -2.41. The van der Waals surface area contributed by atoms with Gasteiger partial charge in [-0.3, -0.25) is 19.7 Å². The van der Waals surface area contributed by atoms with Gasteiger partial charge in [-0.1, -0.05) is 18.2 Å². The van der Waals surface area contributed by atoms with Gasteiger partial charge in [0.15, 0.2) is 0 Å². The first-order valence-corrected chi connectivity index (χ1v) is 11.2. The Kier molecular flexibility index (Phi) is 7.22. The van der Waals surface area contributed by atoms with Crippen LogP contribution in [0.1, 0.15) is 47.0 Å². The summed E-state index contributed by atoms with van der Waals surface area (Å²) in [6.45, 7) is 4.66. The number of carbonyl (C=O) groups excluding carboxylic acids is 1. The Labute approximate surface area is 188 Å². The Morgan fingerprint density at radius 1 is 1.09 bits per heavy atom. The standard InChI is InChI=1S/C26H29FN4O/c1-19-14-21(15-20-5-7-23(27)8-6-20)16-25(30-19)22-9-12-31(13-10-22)18-26(32)29-17-24-4-2-3-11-28-24/h2-8,11,14,16,22H,9-10,12-13,15,17-18H2,1H3,(H,29,32). The maximum Gasteiger partial charge on any atom is 0.234 e. The van der Waals surface area contributed by atoms with Crippen molar-refractivity contribution >= 4 is 5.91 Å². The van der Waals surface area contributed by atoms with E-state index in [0.29, 0.717) is 19.0 Å². The third-order valence-electron chi connectivity index (χ3n) is 5.92. The molecule has 0 aliphatic carbocycles. The molecule has 4 rings (SSSR count). The molecule has 3 heterocycles. The summed E-state index contributed by atoms with van der Waals surface area (Å²) >= 11 is 0. The predicted molar refractivity (Wildman–Crippen MR) is 123 cm³/mol. The van der Waals surface area contributed by atoms with Crippen LogP contribution in [0, 0.1) is 12.7 Å². The van der Waals surface area contributed by atoms with E-state index in [0.717, 1.165) is 55.0 Å². The molecule has 32 heavy (non-hydrogen) atoms. The van der Waals surface area contributed by atoms with E-state index in [-0.39, 0.29) is 11.7 Å². The summed E-state index contributed by atoms with van der Waals surface area (Å²) in [6.07, 6.45) is 4.47. The number of piperidine rings is 1. The Morgan fingerprint density at radius 3 is 2.59 bits per heavy atom. The van der Waals surface area contributed by atoms with E-state index in [9.17, 15) is 9.18 Å². The second-order valence-corrected chi connectivity index (χ2v) is 8.49. The SMILES string of the molecule is Cc1cc(Cc2ccc(F)cc2)cc(C2CCN(CC(=O)NCc3ccccn3)CC2)n1. The summed E-state index contributed by atoms with van der Waals surface area (Å²) in [5, 5.41) is 2.95. The number of nitrogens with zero attached hydrogens (tertiary/aromatic N) is 3. The van der Waals surface area contributed by atoms with Crippen molar-refractivity contribution in [2.45, 2.75) is 38.6 Å². The number of aromatic nitrogens is 2. The normalized spacial score (nSPS) is 14.9. The highest BCUT2D eigenvalue weighted by Gasteiger charge is 2.23. The number of hydrogen-bond acceptors (Lipinski definition) is 4. The van der Waals surface area contributed by atoms with Crippen molar-refractivity contribution < 1.29 is 9.18 Å². The molecule has 0 bridgehead atoms. The van der Waals surface area contributed by atoms with Crippen molar-refractivity contribution in [3.8, 4) is 0 Å². The molecule has 5 nitrogen and oxygen atoms in total. The number of benzene rings is 1. The molecular weight excluding hydrogens is 403 g/mol. The molecule has 3 aromatic rings. The molecule has 6 heteroatoms. The first-order chi connectivity index (χ1) is 15.5. The van der Waals surface area contributed by atoms with Gasteiger partial charge < -0.3 is 5.32 Å². The van der Waals surface area contributed by atoms with Crippen molar-refractivity contribution in [1.29, 1.82) is 0 Å². The maximum atomic E-state index is 13.2. The summed E-state index contributed by atoms with van der Waals surface area (Å²) in [5.41, 5.74) is 5.30. The third kappa shape index (κ3) is 6.20. The lowest BCUT2D eigenvalue weighted by molar-refractivity contribution is -0.122. The maximum absolute atomic E-state index is 13.2. The molecule has 0 radical (unpaired) electrons. The van der Waals surface area contributed by atoms with Crippen molar-refractivity contribution in [3.05, 3.63) is 94.8 Å². The molecule has 1 saturated heterocycles. The lowest BCUT2D eigenvalue weighted by atomic mass is 9.91. The van der Waals surface area contributed by atoms with Gasteiger partial charge in [-0.2, -0.15) is 0 Å². The van der Waals surface area contributed by atoms with Crippen LogP contribution < -0.4 is 5.32 Å². The van der Waals surface area contributed by atoms with Crippen LogP contribution in [-0.4, -0.2) is 40.4 Å². The van der Waals surface area contributed by atoms with Gasteiger partial charge in [-0.25, -0.2) is 4.39 Å². The summed E-state index contributed by atoms with van der Waals surface area (Å²) in [5.74, 6) is 0.219. The van der Waals surface area contributed by atoms with Crippen LogP contribution in [0.25, 0.3) is 0 Å². The number of likely N-dealkylation sites (tertiary alicyclic amines) is 1. The number of hydrogen-bond donors (Lipinski definition) is 1. The fraction of sp³-hybridized carbons (Fsp3) is 0.346. The summed E-state index contributed by atoms with van der Waals surface area (Å²) in [7, 11) is 0. The minimum Gasteiger partial charge on any atom is -0.349 e. The van der Waals surface area contributed by atoms with Crippen LogP contribution in [0.4, 0.5) is 4.39 Å². The van der Waals surface area contributed by atoms with Gasteiger partial charge in [-0.15, -0.1) is 0 Å². The highest BCUT2D eigenvalue weighted by atomic mass is 19.1. The highest BCUT2D eigenvalue weighted by Crippen LogP contribution is 2.28. The van der Waals surface area contributed by atoms with E-state index in [4.69, 9.17) is 4.98 Å². The number of rotatable bonds is 7. The number of aryl methyl sites for hydroxylation is 1. The van der Waals surface area contributed by atoms with Crippen LogP contribution >= 0.6 is 0 Å². The summed E-state index contributed by atoms with van der Waals surface area (Å²) in [4.78, 5) is 23.5. The Morgan fingerprint density at radius 2 is 1.88 bits per heavy atom. The molecule has 1 fully saturated rings. The first-order valence-electron chi connectivity index (χ1n) is 11.2. The van der Waals surface area contributed by atoms with Gasteiger partial charge in [0.2, 0.25) is 5.91 Å². The van der Waals surface area contributed by atoms with Gasteiger partial charge in [-0.05, 0) is 86.8 Å². The molecule has 1 aliphatic heterocycles. The zero-order valence-electron chi connectivity index (χ0n) is 18.4. The molecule has 2 aromatic heterocycles. The van der Waals surface area contributed by atoms with Crippen molar-refractivity contribution in [2.24, 2.45) is 0 Å². The van der Waals surface area contributed by atoms with Crippen molar-refractivity contribution in [1.82, 2.24) is 20.2 Å². The van der Waals surface area contributed by atoms with E-state index >= 15 is 0 Å². The minimum atomic E-state index is -0.211. The molecule has 1 aliphatic rings. The fourth-order valence-electron chi connectivity index (χ4n) is 4.25. The van der Waals surface area contributed by atoms with Crippen molar-refractivity contribution in [3.63, 3.8) is 0 Å². The minimum absolute atomic E-state index is 0.0318. The van der Waals surface area contributed by atoms with E-state index in [2.05, 4.69) is 27.3 Å². The molecule has 0 spiro atoms. The monoisotopic (exact) mass is 432 g/mol. The third-order valence-corrected chi connectivity index (χ3v) is 5.92. The predicted octanol–water partition coefficient (Wildman–Crippen LogP) is 4.01. The zero-order chi connectivity index (χ0) is 22.3. The summed E-state index contributed by atoms with van der Waals surface area (Å²) in [6, 6.07) is 16.7. The Bertz CT molecular complexity index is 1030. The van der Waals surface area contributed by atoms with Gasteiger partial charge >= 0.3 is 0 Å². The summed E-state index contributed by atoms with van der Waals surface area (Å²) < 4.78 is 13.2. The zero-order valence-corrected chi connectivity index (χ0v) is 18.4. The lowest BCUT2D eigenvalue weighted by Gasteiger charge is -2.31. The quantitative estimate of drug-likeness (QED) is 0.613. The second-order valence-electron chi connectivity index (χ2n) is 8.49. The molecule has 166 valence electrons. The van der Waals surface area contributed by atoms with Crippen LogP contribution in [0.5, 0.6) is 0 Å². The number of amides is 1. The van der Waals surface area contributed by atoms with E-state index < -0.39 is 0 Å². The largest absolute Gasteiger partial charge is 0.349 e. The number of halogens is 1. The van der Waals surface area contributed by atoms with E-state index in [1.807, 2.05) is 37.3 Å². The number of carbonyl (C=O) groups is 1. The van der Waals surface area contributed by atoms with Crippen LogP contribution in [0.3, 0.4) is 0 Å². The molecule has 1 N–H and O–H groups in total. The van der Waals surface area contributed by atoms with Gasteiger partial charge in [0.1, 0.15) is 5.82 Å². The van der Waals surface area contributed by atoms with Gasteiger partial charge in [0, 0.05) is 23.5 Å². The molecule has 0 atom stereocenters. The molecular formula is C26H29FN4O.